The van der Waals surface area contributed by atoms with Gasteiger partial charge in [0.15, 0.2) is 0 Å². The maximum absolute atomic E-state index is 13.6. The third-order valence-corrected chi connectivity index (χ3v) is 3.13. The van der Waals surface area contributed by atoms with Crippen LogP contribution in [0.5, 0.6) is 0 Å². The zero-order valence-corrected chi connectivity index (χ0v) is 11.4. The molecule has 0 fully saturated rings. The number of nitrogens with zero attached hydrogens (tertiary/aromatic N) is 1. The van der Waals surface area contributed by atoms with Gasteiger partial charge in [0.25, 0.3) is 0 Å². The van der Waals surface area contributed by atoms with Crippen LogP contribution in [0.25, 0.3) is 0 Å². The molecule has 90 valence electrons. The van der Waals surface area contributed by atoms with Crippen molar-refractivity contribution < 1.29 is 4.39 Å². The molecule has 2 rings (SSSR count). The largest absolute Gasteiger partial charge is 0.351 e. The second-order valence-corrected chi connectivity index (χ2v) is 4.85. The zero-order valence-electron chi connectivity index (χ0n) is 9.05. The Morgan fingerprint density at radius 3 is 2.72 bits per heavy atom. The molecule has 0 bridgehead atoms. The number of halogens is 3. The monoisotopic (exact) mass is 324 g/mol. The molecule has 1 N–H and O–H groups in total. The average molecular weight is 326 g/mol. The Balaban J connectivity index is 2.44. The van der Waals surface area contributed by atoms with E-state index in [-0.39, 0.29) is 10.7 Å². The highest BCUT2D eigenvalue weighted by atomic mass is 79.9. The van der Waals surface area contributed by atoms with Crippen LogP contribution in [0, 0.1) is 17.1 Å². The van der Waals surface area contributed by atoms with Crippen molar-refractivity contribution in [3.63, 3.8) is 0 Å². The molecular weight excluding hydrogens is 319 g/mol. The Morgan fingerprint density at radius 2 is 2.06 bits per heavy atom. The average Bonchev–Trinajstić information content (AvgIpc) is 2.35. The van der Waals surface area contributed by atoms with Gasteiger partial charge in [-0.05, 0) is 30.3 Å². The lowest BCUT2D eigenvalue weighted by atomic mass is 10.2. The van der Waals surface area contributed by atoms with Gasteiger partial charge in [0.2, 0.25) is 0 Å². The van der Waals surface area contributed by atoms with Crippen molar-refractivity contribution in [3.8, 4) is 6.07 Å². The molecule has 0 saturated heterocycles. The molecule has 0 heterocycles. The first-order chi connectivity index (χ1) is 8.61. The van der Waals surface area contributed by atoms with Crippen molar-refractivity contribution in [2.24, 2.45) is 0 Å². The highest BCUT2D eigenvalue weighted by Gasteiger charge is 2.09. The number of benzene rings is 2. The fourth-order valence-corrected chi connectivity index (χ4v) is 2.04. The summed E-state index contributed by atoms with van der Waals surface area (Å²) in [5.41, 5.74) is 1.08. The first-order valence-corrected chi connectivity index (χ1v) is 6.19. The first kappa shape index (κ1) is 12.9. The van der Waals surface area contributed by atoms with E-state index in [0.717, 1.165) is 4.47 Å². The molecule has 0 saturated carbocycles. The summed E-state index contributed by atoms with van der Waals surface area (Å²) in [5, 5.41) is 12.1. The van der Waals surface area contributed by atoms with E-state index < -0.39 is 5.82 Å². The lowest BCUT2D eigenvalue weighted by Gasteiger charge is -2.11. The van der Waals surface area contributed by atoms with E-state index >= 15 is 0 Å². The van der Waals surface area contributed by atoms with Crippen molar-refractivity contribution >= 4 is 38.9 Å². The number of hydrogen-bond acceptors (Lipinski definition) is 2. The van der Waals surface area contributed by atoms with Gasteiger partial charge in [-0.2, -0.15) is 5.26 Å². The standard InChI is InChI=1S/C13H7BrClFN2/c14-9-4-5-12(8(6-9)7-17)18-13-10(15)2-1-3-11(13)16/h1-6,18H. The molecule has 0 atom stereocenters. The van der Waals surface area contributed by atoms with Crippen LogP contribution in [0.2, 0.25) is 5.02 Å². The predicted octanol–water partition coefficient (Wildman–Crippen LogP) is 4.86. The molecule has 2 aromatic carbocycles. The summed E-state index contributed by atoms with van der Waals surface area (Å²) >= 11 is 9.18. The van der Waals surface area contributed by atoms with Crippen molar-refractivity contribution in [2.45, 2.75) is 0 Å². The Hall–Kier alpha value is -1.57. The van der Waals surface area contributed by atoms with Gasteiger partial charge >= 0.3 is 0 Å². The summed E-state index contributed by atoms with van der Waals surface area (Å²) < 4.78 is 14.4. The molecule has 2 nitrogen and oxygen atoms in total. The summed E-state index contributed by atoms with van der Waals surface area (Å²) in [5.74, 6) is -0.464. The maximum atomic E-state index is 13.6. The smallest absolute Gasteiger partial charge is 0.148 e. The van der Waals surface area contributed by atoms with E-state index in [1.165, 1.54) is 12.1 Å². The van der Waals surface area contributed by atoms with E-state index in [9.17, 15) is 4.39 Å². The fraction of sp³-hybridized carbons (Fsp3) is 0. The lowest BCUT2D eigenvalue weighted by Crippen LogP contribution is -1.97. The molecule has 18 heavy (non-hydrogen) atoms. The lowest BCUT2D eigenvalue weighted by molar-refractivity contribution is 0.632. The second kappa shape index (κ2) is 5.38. The molecule has 0 aromatic heterocycles. The molecule has 0 radical (unpaired) electrons. The van der Waals surface area contributed by atoms with E-state index in [4.69, 9.17) is 16.9 Å². The van der Waals surface area contributed by atoms with E-state index in [0.29, 0.717) is 11.3 Å². The number of rotatable bonds is 2. The molecule has 0 aliphatic carbocycles. The van der Waals surface area contributed by atoms with Gasteiger partial charge in [0.1, 0.15) is 11.9 Å². The van der Waals surface area contributed by atoms with Crippen molar-refractivity contribution in [2.75, 3.05) is 5.32 Å². The molecule has 0 amide bonds. The minimum atomic E-state index is -0.464. The third-order valence-electron chi connectivity index (χ3n) is 2.32. The Kier molecular flexibility index (Phi) is 3.85. The van der Waals surface area contributed by atoms with Gasteiger partial charge in [-0.25, -0.2) is 4.39 Å². The van der Waals surface area contributed by atoms with Crippen LogP contribution in [0.1, 0.15) is 5.56 Å². The SMILES string of the molecule is N#Cc1cc(Br)ccc1Nc1c(F)cccc1Cl. The Bertz CT molecular complexity index is 617. The highest BCUT2D eigenvalue weighted by Crippen LogP contribution is 2.30. The van der Waals surface area contributed by atoms with Gasteiger partial charge in [0, 0.05) is 4.47 Å². The number of anilines is 2. The maximum Gasteiger partial charge on any atom is 0.148 e. The summed E-state index contributed by atoms with van der Waals surface area (Å²) in [7, 11) is 0. The van der Waals surface area contributed by atoms with Crippen molar-refractivity contribution in [1.82, 2.24) is 0 Å². The number of hydrogen-bond donors (Lipinski definition) is 1. The number of nitriles is 1. The van der Waals surface area contributed by atoms with Gasteiger partial charge in [-0.15, -0.1) is 0 Å². The van der Waals surface area contributed by atoms with Crippen molar-refractivity contribution in [1.29, 1.82) is 5.26 Å². The molecule has 0 unspecified atom stereocenters. The van der Waals surface area contributed by atoms with E-state index in [1.807, 2.05) is 6.07 Å². The minimum absolute atomic E-state index is 0.165. The van der Waals surface area contributed by atoms with Gasteiger partial charge in [0.05, 0.1) is 22.0 Å². The summed E-state index contributed by atoms with van der Waals surface area (Å²) in [4.78, 5) is 0. The zero-order chi connectivity index (χ0) is 13.1. The fourth-order valence-electron chi connectivity index (χ4n) is 1.47. The molecule has 5 heteroatoms. The molecule has 0 aliphatic rings. The molecule has 2 aromatic rings. The van der Waals surface area contributed by atoms with Gasteiger partial charge in [-0.3, -0.25) is 0 Å². The van der Waals surface area contributed by atoms with Crippen LogP contribution in [-0.2, 0) is 0 Å². The summed E-state index contributed by atoms with van der Waals surface area (Å²) in [6.07, 6.45) is 0. The normalized spacial score (nSPS) is 9.89. The van der Waals surface area contributed by atoms with Crippen LogP contribution >= 0.6 is 27.5 Å². The van der Waals surface area contributed by atoms with Crippen LogP contribution in [-0.4, -0.2) is 0 Å². The highest BCUT2D eigenvalue weighted by molar-refractivity contribution is 9.10. The summed E-state index contributed by atoms with van der Waals surface area (Å²) in [6, 6.07) is 11.5. The molecule has 0 spiro atoms. The quantitative estimate of drug-likeness (QED) is 0.856. The number of para-hydroxylation sites is 1. The Labute approximate surface area is 117 Å². The Morgan fingerprint density at radius 1 is 1.28 bits per heavy atom. The van der Waals surface area contributed by atoms with E-state index in [2.05, 4.69) is 21.2 Å². The minimum Gasteiger partial charge on any atom is -0.351 e. The van der Waals surface area contributed by atoms with Crippen molar-refractivity contribution in [3.05, 3.63) is 57.3 Å². The topological polar surface area (TPSA) is 35.8 Å². The first-order valence-electron chi connectivity index (χ1n) is 5.02. The predicted molar refractivity (Wildman–Crippen MR) is 73.5 cm³/mol. The van der Waals surface area contributed by atoms with Crippen LogP contribution in [0.4, 0.5) is 15.8 Å². The second-order valence-electron chi connectivity index (χ2n) is 3.52. The summed E-state index contributed by atoms with van der Waals surface area (Å²) in [6.45, 7) is 0. The molecular formula is C13H7BrClFN2. The van der Waals surface area contributed by atoms with E-state index in [1.54, 1.807) is 24.3 Å². The van der Waals surface area contributed by atoms with Gasteiger partial charge in [-0.1, -0.05) is 33.6 Å². The van der Waals surface area contributed by atoms with Gasteiger partial charge < -0.3 is 5.32 Å². The molecule has 0 aliphatic heterocycles. The third kappa shape index (κ3) is 2.63. The van der Waals surface area contributed by atoms with Crippen LogP contribution in [0.15, 0.2) is 40.9 Å². The van der Waals surface area contributed by atoms with Crippen LogP contribution in [0.3, 0.4) is 0 Å². The number of nitrogens with one attached hydrogen (secondary N) is 1. The van der Waals surface area contributed by atoms with Crippen LogP contribution < -0.4 is 5.32 Å².